The number of fused-ring (bicyclic) bond motifs is 1. The normalized spacial score (nSPS) is 22.6. The minimum atomic E-state index is -0.911. The number of carbonyl (C=O) groups is 2. The Labute approximate surface area is 182 Å². The fourth-order valence-corrected chi connectivity index (χ4v) is 5.39. The van der Waals surface area contributed by atoms with E-state index < -0.39 is 5.97 Å². The zero-order valence-corrected chi connectivity index (χ0v) is 18.4. The number of H-pyrrole nitrogens is 1. The van der Waals surface area contributed by atoms with E-state index in [0.717, 1.165) is 31.1 Å². The molecule has 2 aromatic heterocycles. The van der Waals surface area contributed by atoms with Gasteiger partial charge in [-0.1, -0.05) is 47.9 Å². The van der Waals surface area contributed by atoms with Crippen LogP contribution < -0.4 is 10.2 Å². The average Bonchev–Trinajstić information content (AvgIpc) is 3.07. The number of carbonyl (C=O) groups excluding carboxylic acids is 1. The Balaban J connectivity index is 1.38. The molecule has 3 atom stereocenters. The number of piperidine rings is 1. The zero-order chi connectivity index (χ0) is 20.9. The maximum atomic E-state index is 12.5. The van der Waals surface area contributed by atoms with Crippen LogP contribution in [-0.4, -0.2) is 46.1 Å². The molecule has 10 heteroatoms. The number of aromatic carboxylic acids is 1. The second-order valence-corrected chi connectivity index (χ2v) is 9.40. The zero-order valence-electron chi connectivity index (χ0n) is 16.1. The minimum Gasteiger partial charge on any atom is -0.477 e. The number of unbranched alkanes of at least 4 members (excludes halogenated alkanes) is 1. The molecule has 2 fully saturated rings. The highest BCUT2D eigenvalue weighted by Gasteiger charge is 2.57. The number of carboxylic acids is 1. The smallest absolute Gasteiger partial charge is 0.347 e. The Morgan fingerprint density at radius 1 is 1.31 bits per heavy atom. The number of rotatable bonds is 7. The van der Waals surface area contributed by atoms with E-state index in [2.05, 4.69) is 27.1 Å². The van der Waals surface area contributed by atoms with E-state index in [9.17, 15) is 14.7 Å². The first-order valence-electron chi connectivity index (χ1n) is 9.64. The quantitative estimate of drug-likeness (QED) is 0.584. The molecule has 1 saturated heterocycles. The number of nitrogens with zero attached hydrogens (tertiary/aromatic N) is 2. The molecule has 4 rings (SSSR count). The molecular formula is C19H22Cl2N4O3S. The van der Waals surface area contributed by atoms with Gasteiger partial charge in [-0.05, 0) is 19.8 Å². The van der Waals surface area contributed by atoms with Gasteiger partial charge in [0, 0.05) is 36.7 Å². The Morgan fingerprint density at radius 2 is 2.00 bits per heavy atom. The first-order valence-corrected chi connectivity index (χ1v) is 11.2. The molecule has 0 radical (unpaired) electrons. The molecule has 2 aromatic rings. The molecule has 1 aliphatic heterocycles. The summed E-state index contributed by atoms with van der Waals surface area (Å²) in [5.74, 6) is -0.493. The number of aromatic amines is 1. The summed E-state index contributed by atoms with van der Waals surface area (Å²) in [7, 11) is 0. The SMILES string of the molecule is CCCCc1nc(N2C[C@@H]3[C@H](C2)[C@H]3NC(=O)c2[nH]c(C)c(Cl)c2Cl)sc1C(=O)O. The predicted octanol–water partition coefficient (Wildman–Crippen LogP) is 3.99. The Morgan fingerprint density at radius 3 is 2.55 bits per heavy atom. The molecule has 3 N–H and O–H groups in total. The van der Waals surface area contributed by atoms with E-state index in [1.54, 1.807) is 6.92 Å². The van der Waals surface area contributed by atoms with Crippen LogP contribution in [0.3, 0.4) is 0 Å². The van der Waals surface area contributed by atoms with Crippen LogP contribution in [0.15, 0.2) is 0 Å². The highest BCUT2D eigenvalue weighted by molar-refractivity contribution is 7.17. The van der Waals surface area contributed by atoms with Crippen LogP contribution in [0.2, 0.25) is 10.0 Å². The largest absolute Gasteiger partial charge is 0.477 e. The molecule has 156 valence electrons. The number of hydrogen-bond donors (Lipinski definition) is 3. The molecule has 0 aromatic carbocycles. The van der Waals surface area contributed by atoms with Gasteiger partial charge in [-0.15, -0.1) is 0 Å². The Bertz CT molecular complexity index is 961. The third kappa shape index (κ3) is 3.73. The summed E-state index contributed by atoms with van der Waals surface area (Å²) in [6.07, 6.45) is 2.61. The number of nitrogens with one attached hydrogen (secondary N) is 2. The summed E-state index contributed by atoms with van der Waals surface area (Å²) in [6.45, 7) is 5.36. The van der Waals surface area contributed by atoms with E-state index in [1.807, 2.05) is 0 Å². The predicted molar refractivity (Wildman–Crippen MR) is 114 cm³/mol. The Hall–Kier alpha value is -1.77. The maximum absolute atomic E-state index is 12.5. The number of thiazole rings is 1. The van der Waals surface area contributed by atoms with Crippen LogP contribution in [0.5, 0.6) is 0 Å². The molecule has 0 unspecified atom stereocenters. The van der Waals surface area contributed by atoms with Gasteiger partial charge in [0.2, 0.25) is 0 Å². The first kappa shape index (κ1) is 20.5. The van der Waals surface area contributed by atoms with E-state index in [1.165, 1.54) is 11.3 Å². The number of aromatic nitrogens is 2. The van der Waals surface area contributed by atoms with Crippen molar-refractivity contribution in [2.24, 2.45) is 11.8 Å². The summed E-state index contributed by atoms with van der Waals surface area (Å²) in [5.41, 5.74) is 1.64. The van der Waals surface area contributed by atoms with Crippen LogP contribution in [-0.2, 0) is 6.42 Å². The van der Waals surface area contributed by atoms with Crippen molar-refractivity contribution in [3.05, 3.63) is 32.0 Å². The third-order valence-electron chi connectivity index (χ3n) is 5.69. The molecule has 1 saturated carbocycles. The lowest BCUT2D eigenvalue weighted by atomic mass is 10.2. The van der Waals surface area contributed by atoms with Gasteiger partial charge in [-0.2, -0.15) is 0 Å². The van der Waals surface area contributed by atoms with Crippen molar-refractivity contribution < 1.29 is 14.7 Å². The monoisotopic (exact) mass is 456 g/mol. The van der Waals surface area contributed by atoms with Gasteiger partial charge in [0.15, 0.2) is 5.13 Å². The van der Waals surface area contributed by atoms with Gasteiger partial charge < -0.3 is 20.3 Å². The number of anilines is 1. The average molecular weight is 457 g/mol. The number of carboxylic acid groups (broad SMARTS) is 1. The number of amides is 1. The van der Waals surface area contributed by atoms with E-state index >= 15 is 0 Å². The van der Waals surface area contributed by atoms with Crippen molar-refractivity contribution in [2.45, 2.75) is 39.2 Å². The summed E-state index contributed by atoms with van der Waals surface area (Å²) in [6, 6.07) is 0.0932. The molecule has 2 aliphatic rings. The second-order valence-electron chi connectivity index (χ2n) is 7.67. The van der Waals surface area contributed by atoms with E-state index in [-0.39, 0.29) is 17.0 Å². The van der Waals surface area contributed by atoms with Crippen molar-refractivity contribution in [1.82, 2.24) is 15.3 Å². The Kier molecular flexibility index (Phi) is 5.52. The number of hydrogen-bond acceptors (Lipinski definition) is 5. The summed E-state index contributed by atoms with van der Waals surface area (Å²) >= 11 is 13.4. The minimum absolute atomic E-state index is 0.0932. The van der Waals surface area contributed by atoms with Crippen LogP contribution in [0, 0.1) is 18.8 Å². The highest BCUT2D eigenvalue weighted by atomic mass is 35.5. The molecule has 1 aliphatic carbocycles. The molecule has 29 heavy (non-hydrogen) atoms. The summed E-state index contributed by atoms with van der Waals surface area (Å²) < 4.78 is 0. The highest BCUT2D eigenvalue weighted by Crippen LogP contribution is 2.48. The summed E-state index contributed by atoms with van der Waals surface area (Å²) in [4.78, 5) is 34.0. The molecule has 3 heterocycles. The fourth-order valence-electron chi connectivity index (χ4n) is 4.00. The fraction of sp³-hybridized carbons (Fsp3) is 0.526. The third-order valence-corrected chi connectivity index (χ3v) is 7.78. The van der Waals surface area contributed by atoms with Crippen LogP contribution in [0.25, 0.3) is 0 Å². The molecule has 1 amide bonds. The van der Waals surface area contributed by atoms with Crippen molar-refractivity contribution in [3.63, 3.8) is 0 Å². The van der Waals surface area contributed by atoms with Gasteiger partial charge in [0.1, 0.15) is 10.6 Å². The van der Waals surface area contributed by atoms with Crippen molar-refractivity contribution in [2.75, 3.05) is 18.0 Å². The molecule has 0 bridgehead atoms. The van der Waals surface area contributed by atoms with Crippen molar-refractivity contribution in [3.8, 4) is 0 Å². The molecule has 7 nitrogen and oxygen atoms in total. The van der Waals surface area contributed by atoms with Gasteiger partial charge in [0.05, 0.1) is 15.7 Å². The standard InChI is InChI=1S/C19H22Cl2N4O3S/c1-3-4-5-11-16(18(27)28)29-19(23-11)25-6-9-10(7-25)14(9)24-17(26)15-13(21)12(20)8(2)22-15/h9-10,14,22H,3-7H2,1-2H3,(H,24,26)(H,27,28)/t9-,10+,14+. The van der Waals surface area contributed by atoms with Gasteiger partial charge in [0.25, 0.3) is 5.91 Å². The number of aryl methyl sites for hydroxylation is 2. The van der Waals surface area contributed by atoms with E-state index in [4.69, 9.17) is 23.2 Å². The van der Waals surface area contributed by atoms with Gasteiger partial charge >= 0.3 is 5.97 Å². The topological polar surface area (TPSA) is 98.3 Å². The molecular weight excluding hydrogens is 435 g/mol. The molecule has 0 spiro atoms. The number of halogens is 2. The van der Waals surface area contributed by atoms with E-state index in [0.29, 0.717) is 45.2 Å². The lowest BCUT2D eigenvalue weighted by Gasteiger charge is -2.19. The van der Waals surface area contributed by atoms with Gasteiger partial charge in [-0.3, -0.25) is 4.79 Å². The summed E-state index contributed by atoms with van der Waals surface area (Å²) in [5, 5.41) is 13.9. The van der Waals surface area contributed by atoms with Gasteiger partial charge in [-0.25, -0.2) is 9.78 Å². The van der Waals surface area contributed by atoms with Crippen LogP contribution in [0.4, 0.5) is 5.13 Å². The van der Waals surface area contributed by atoms with Crippen LogP contribution >= 0.6 is 34.5 Å². The van der Waals surface area contributed by atoms with Crippen LogP contribution in [0.1, 0.15) is 51.3 Å². The maximum Gasteiger partial charge on any atom is 0.347 e. The lowest BCUT2D eigenvalue weighted by molar-refractivity contribution is 0.0700. The lowest BCUT2D eigenvalue weighted by Crippen LogP contribution is -2.34. The first-order chi connectivity index (χ1) is 13.8. The van der Waals surface area contributed by atoms with Crippen molar-refractivity contribution in [1.29, 1.82) is 0 Å². The second kappa shape index (κ2) is 7.81. The van der Waals surface area contributed by atoms with Crippen molar-refractivity contribution >= 4 is 51.5 Å².